The van der Waals surface area contributed by atoms with E-state index in [1.165, 1.54) is 0 Å². The molecule has 8 heteroatoms. The third-order valence-electron chi connectivity index (χ3n) is 5.74. The molecule has 2 atom stereocenters. The molecule has 30 heavy (non-hydrogen) atoms. The molecule has 3 heterocycles. The molecular weight excluding hydrogens is 384 g/mol. The number of hydrogen-bond donors (Lipinski definition) is 1. The molecule has 0 bridgehead atoms. The van der Waals surface area contributed by atoms with E-state index in [9.17, 15) is 9.59 Å². The minimum absolute atomic E-state index is 0.0366. The first-order chi connectivity index (χ1) is 14.5. The number of carbonyl (C=O) groups is 2. The van der Waals surface area contributed by atoms with Crippen LogP contribution < -0.4 is 10.1 Å². The van der Waals surface area contributed by atoms with Gasteiger partial charge in [0.05, 0.1) is 12.5 Å². The Kier molecular flexibility index (Phi) is 6.03. The Morgan fingerprint density at radius 2 is 2.03 bits per heavy atom. The predicted molar refractivity (Wildman–Crippen MR) is 110 cm³/mol. The maximum absolute atomic E-state index is 13.3. The smallest absolute Gasteiger partial charge is 0.273 e. The average molecular weight is 412 g/mol. The first-order valence-electron chi connectivity index (χ1n) is 10.4. The van der Waals surface area contributed by atoms with Crippen molar-refractivity contribution >= 4 is 11.8 Å². The highest BCUT2D eigenvalue weighted by molar-refractivity contribution is 5.92. The number of likely N-dealkylation sites (N-methyl/N-ethyl adjacent to an activating group) is 1. The molecule has 1 aromatic heterocycles. The fourth-order valence-corrected chi connectivity index (χ4v) is 4.24. The zero-order valence-corrected chi connectivity index (χ0v) is 17.5. The van der Waals surface area contributed by atoms with Crippen LogP contribution in [0.25, 0.3) is 0 Å². The fraction of sp³-hybridized carbons (Fsp3) is 0.500. The van der Waals surface area contributed by atoms with Crippen LogP contribution in [0, 0.1) is 12.8 Å². The first kappa shape index (κ1) is 20.4. The lowest BCUT2D eigenvalue weighted by molar-refractivity contribution is -0.136. The molecule has 160 valence electrons. The van der Waals surface area contributed by atoms with E-state index >= 15 is 0 Å². The summed E-state index contributed by atoms with van der Waals surface area (Å²) in [7, 11) is 1.99. The summed E-state index contributed by atoms with van der Waals surface area (Å²) in [6.45, 7) is 4.78. The molecule has 1 aromatic carbocycles. The maximum atomic E-state index is 13.3. The van der Waals surface area contributed by atoms with E-state index in [1.54, 1.807) is 13.0 Å². The van der Waals surface area contributed by atoms with E-state index in [2.05, 4.69) is 15.4 Å². The van der Waals surface area contributed by atoms with Gasteiger partial charge < -0.3 is 24.4 Å². The van der Waals surface area contributed by atoms with Crippen LogP contribution in [0.15, 0.2) is 34.9 Å². The Balaban J connectivity index is 1.38. The van der Waals surface area contributed by atoms with Crippen LogP contribution in [0.4, 0.5) is 0 Å². The molecule has 0 saturated carbocycles. The van der Waals surface area contributed by atoms with E-state index in [1.807, 2.05) is 36.2 Å². The number of ether oxygens (including phenoxy) is 1. The molecule has 2 aromatic rings. The van der Waals surface area contributed by atoms with Crippen molar-refractivity contribution in [3.05, 3.63) is 47.3 Å². The predicted octanol–water partition coefficient (Wildman–Crippen LogP) is 1.84. The Morgan fingerprint density at radius 3 is 2.83 bits per heavy atom. The van der Waals surface area contributed by atoms with Crippen molar-refractivity contribution in [3.63, 3.8) is 0 Å². The Morgan fingerprint density at radius 1 is 1.20 bits per heavy atom. The molecule has 0 radical (unpaired) electrons. The van der Waals surface area contributed by atoms with Crippen LogP contribution in [0.3, 0.4) is 0 Å². The van der Waals surface area contributed by atoms with Crippen molar-refractivity contribution in [2.45, 2.75) is 32.4 Å². The second-order valence-electron chi connectivity index (χ2n) is 8.20. The molecule has 2 amide bonds. The minimum Gasteiger partial charge on any atom is -0.491 e. The number of benzene rings is 1. The molecule has 1 fully saturated rings. The van der Waals surface area contributed by atoms with Crippen molar-refractivity contribution < 1.29 is 18.8 Å². The quantitative estimate of drug-likeness (QED) is 0.828. The third kappa shape index (κ3) is 4.64. The van der Waals surface area contributed by atoms with Gasteiger partial charge in [-0.05, 0) is 32.9 Å². The second-order valence-corrected chi connectivity index (χ2v) is 8.20. The molecule has 1 saturated heterocycles. The van der Waals surface area contributed by atoms with Gasteiger partial charge in [-0.15, -0.1) is 0 Å². The van der Waals surface area contributed by atoms with Crippen molar-refractivity contribution in [3.8, 4) is 5.75 Å². The fourth-order valence-electron chi connectivity index (χ4n) is 4.24. The van der Waals surface area contributed by atoms with Crippen LogP contribution in [0.5, 0.6) is 5.75 Å². The zero-order valence-electron chi connectivity index (χ0n) is 17.5. The normalized spacial score (nSPS) is 22.4. The van der Waals surface area contributed by atoms with Crippen LogP contribution in [0.1, 0.15) is 34.7 Å². The summed E-state index contributed by atoms with van der Waals surface area (Å²) in [6, 6.07) is 9.47. The summed E-state index contributed by atoms with van der Waals surface area (Å²) >= 11 is 0. The highest BCUT2D eigenvalue weighted by atomic mass is 16.5. The van der Waals surface area contributed by atoms with E-state index in [0.29, 0.717) is 38.5 Å². The summed E-state index contributed by atoms with van der Waals surface area (Å²) in [5.41, 5.74) is 1.33. The highest BCUT2D eigenvalue weighted by Gasteiger charge is 2.31. The first-order valence-corrected chi connectivity index (χ1v) is 10.4. The lowest BCUT2D eigenvalue weighted by Gasteiger charge is -2.26. The summed E-state index contributed by atoms with van der Waals surface area (Å²) in [4.78, 5) is 29.7. The summed E-state index contributed by atoms with van der Waals surface area (Å²) in [5, 5.41) is 6.81. The number of nitrogens with zero attached hydrogens (tertiary/aromatic N) is 3. The Labute approximate surface area is 176 Å². The van der Waals surface area contributed by atoms with Crippen LogP contribution in [0.2, 0.25) is 0 Å². The lowest BCUT2D eigenvalue weighted by Crippen LogP contribution is -2.42. The van der Waals surface area contributed by atoms with Crippen molar-refractivity contribution in [2.75, 3.05) is 33.3 Å². The monoisotopic (exact) mass is 412 g/mol. The van der Waals surface area contributed by atoms with E-state index < -0.39 is 0 Å². The van der Waals surface area contributed by atoms with Gasteiger partial charge in [0.25, 0.3) is 5.91 Å². The van der Waals surface area contributed by atoms with E-state index in [4.69, 9.17) is 9.26 Å². The van der Waals surface area contributed by atoms with Gasteiger partial charge in [-0.25, -0.2) is 0 Å². The molecule has 0 unspecified atom stereocenters. The molecule has 2 aliphatic rings. The Hall–Kier alpha value is -2.87. The standard InChI is InChI=1S/C22H28N4O4/c1-15-11-19(24-30-15)21(27)23-18-8-7-17(12-25(2)14-18)22(28)26-9-10-29-20-6-4-3-5-16(20)13-26/h3-6,11,17-18H,7-10,12-14H2,1-2H3,(H,23,27)/t17-,18+/m1/s1. The number of carbonyl (C=O) groups excluding carboxylic acids is 2. The number of para-hydroxylation sites is 1. The SMILES string of the molecule is Cc1cc(C(=O)N[C@H]2CC[C@@H](C(=O)N3CCOc4ccccc4C3)CN(C)C2)no1. The van der Waals surface area contributed by atoms with Gasteiger partial charge in [-0.1, -0.05) is 23.4 Å². The number of aryl methyl sites for hydroxylation is 1. The number of aromatic nitrogens is 1. The van der Waals surface area contributed by atoms with Gasteiger partial charge in [0.2, 0.25) is 5.91 Å². The summed E-state index contributed by atoms with van der Waals surface area (Å²) < 4.78 is 10.8. The van der Waals surface area contributed by atoms with Gasteiger partial charge in [0, 0.05) is 37.3 Å². The molecule has 0 spiro atoms. The Bertz CT molecular complexity index is 912. The maximum Gasteiger partial charge on any atom is 0.273 e. The van der Waals surface area contributed by atoms with Gasteiger partial charge in [-0.3, -0.25) is 9.59 Å². The molecule has 0 aliphatic carbocycles. The highest BCUT2D eigenvalue weighted by Crippen LogP contribution is 2.25. The zero-order chi connectivity index (χ0) is 21.1. The molecule has 1 N–H and O–H groups in total. The van der Waals surface area contributed by atoms with Gasteiger partial charge >= 0.3 is 0 Å². The van der Waals surface area contributed by atoms with Gasteiger partial charge in [0.1, 0.15) is 18.1 Å². The van der Waals surface area contributed by atoms with Crippen LogP contribution >= 0.6 is 0 Å². The number of rotatable bonds is 3. The number of amides is 2. The second kappa shape index (κ2) is 8.87. The number of hydrogen-bond acceptors (Lipinski definition) is 6. The molecule has 4 rings (SSSR count). The van der Waals surface area contributed by atoms with Crippen LogP contribution in [-0.4, -0.2) is 66.1 Å². The van der Waals surface area contributed by atoms with Crippen molar-refractivity contribution in [1.82, 2.24) is 20.3 Å². The lowest BCUT2D eigenvalue weighted by atomic mass is 9.99. The summed E-state index contributed by atoms with van der Waals surface area (Å²) in [6.07, 6.45) is 1.47. The largest absolute Gasteiger partial charge is 0.491 e. The topological polar surface area (TPSA) is 87.9 Å². The van der Waals surface area contributed by atoms with Crippen molar-refractivity contribution in [1.29, 1.82) is 0 Å². The third-order valence-corrected chi connectivity index (χ3v) is 5.74. The van der Waals surface area contributed by atoms with E-state index in [0.717, 1.165) is 24.2 Å². The molecular formula is C22H28N4O4. The molecule has 2 aliphatic heterocycles. The average Bonchev–Trinajstić information content (AvgIpc) is 2.94. The minimum atomic E-state index is -0.240. The van der Waals surface area contributed by atoms with E-state index in [-0.39, 0.29) is 29.5 Å². The van der Waals surface area contributed by atoms with Crippen molar-refractivity contribution in [2.24, 2.45) is 5.92 Å². The van der Waals surface area contributed by atoms with Crippen LogP contribution in [-0.2, 0) is 11.3 Å². The number of likely N-dealkylation sites (tertiary alicyclic amines) is 1. The molecule has 8 nitrogen and oxygen atoms in total. The summed E-state index contributed by atoms with van der Waals surface area (Å²) in [5.74, 6) is 1.28. The van der Waals surface area contributed by atoms with Gasteiger partial charge in [-0.2, -0.15) is 0 Å². The van der Waals surface area contributed by atoms with Gasteiger partial charge in [0.15, 0.2) is 5.69 Å². The number of nitrogens with one attached hydrogen (secondary N) is 1. The number of fused-ring (bicyclic) bond motifs is 1.